The summed E-state index contributed by atoms with van der Waals surface area (Å²) < 4.78 is 5.10. The summed E-state index contributed by atoms with van der Waals surface area (Å²) in [6.45, 7) is 6.05. The number of aromatic nitrogens is 2. The van der Waals surface area contributed by atoms with Crippen LogP contribution in [0, 0.1) is 0 Å². The summed E-state index contributed by atoms with van der Waals surface area (Å²) in [7, 11) is 0. The zero-order valence-corrected chi connectivity index (χ0v) is 15.4. The first-order valence-electron chi connectivity index (χ1n) is 8.67. The molecule has 1 aromatic heterocycles. The lowest BCUT2D eigenvalue weighted by atomic mass is 10.1. The Labute approximate surface area is 151 Å². The van der Waals surface area contributed by atoms with Crippen molar-refractivity contribution >= 4 is 23.0 Å². The lowest BCUT2D eigenvalue weighted by molar-refractivity contribution is -0.121. The molecule has 0 aliphatic heterocycles. The molecule has 8 nitrogen and oxygen atoms in total. The lowest BCUT2D eigenvalue weighted by Gasteiger charge is -2.19. The van der Waals surface area contributed by atoms with Crippen LogP contribution >= 0.6 is 0 Å². The van der Waals surface area contributed by atoms with E-state index in [9.17, 15) is 14.4 Å². The molecule has 1 aromatic carbocycles. The van der Waals surface area contributed by atoms with Crippen molar-refractivity contribution in [3.63, 3.8) is 0 Å². The maximum atomic E-state index is 11.8. The summed E-state index contributed by atoms with van der Waals surface area (Å²) in [5.74, 6) is -0.0629. The Morgan fingerprint density at radius 2 is 1.77 bits per heavy atom. The number of hydrogen-bond donors (Lipinski definition) is 4. The molecule has 0 unspecified atom stereocenters. The van der Waals surface area contributed by atoms with Gasteiger partial charge >= 0.3 is 11.8 Å². The minimum Gasteiger partial charge on any atom is -0.444 e. The number of H-pyrrole nitrogens is 2. The summed E-state index contributed by atoms with van der Waals surface area (Å²) >= 11 is 0. The second-order valence-electron chi connectivity index (χ2n) is 7.09. The number of ether oxygens (including phenoxy) is 1. The fourth-order valence-electron chi connectivity index (χ4n) is 2.46. The number of fused-ring (bicyclic) bond motifs is 1. The molecule has 4 N–H and O–H groups in total. The Hall–Kier alpha value is -2.77. The summed E-state index contributed by atoms with van der Waals surface area (Å²) in [4.78, 5) is 39.9. The molecule has 0 atom stereocenters. The van der Waals surface area contributed by atoms with Crippen LogP contribution in [0.2, 0.25) is 0 Å². The topological polar surface area (TPSA) is 116 Å². The molecule has 0 fully saturated rings. The van der Waals surface area contributed by atoms with Gasteiger partial charge < -0.3 is 25.3 Å². The Morgan fingerprint density at radius 3 is 2.50 bits per heavy atom. The van der Waals surface area contributed by atoms with Gasteiger partial charge in [0.05, 0.1) is 11.0 Å². The zero-order valence-electron chi connectivity index (χ0n) is 15.4. The predicted octanol–water partition coefficient (Wildman–Crippen LogP) is 1.82. The summed E-state index contributed by atoms with van der Waals surface area (Å²) in [6.07, 6.45) is 1.34. The van der Waals surface area contributed by atoms with Crippen LogP contribution in [0.5, 0.6) is 0 Å². The van der Waals surface area contributed by atoms with Crippen molar-refractivity contribution in [2.45, 2.75) is 45.6 Å². The van der Waals surface area contributed by atoms with Crippen LogP contribution in [-0.4, -0.2) is 40.7 Å². The molecule has 2 aromatic rings. The highest BCUT2D eigenvalue weighted by molar-refractivity contribution is 5.76. The summed E-state index contributed by atoms with van der Waals surface area (Å²) in [5.41, 5.74) is 1.84. The number of amides is 2. The third-order valence-electron chi connectivity index (χ3n) is 3.57. The number of imidazole rings is 1. The van der Waals surface area contributed by atoms with Gasteiger partial charge in [-0.15, -0.1) is 0 Å². The number of benzene rings is 1. The molecule has 0 spiro atoms. The van der Waals surface area contributed by atoms with E-state index in [0.29, 0.717) is 25.9 Å². The normalized spacial score (nSPS) is 11.3. The summed E-state index contributed by atoms with van der Waals surface area (Å²) in [6, 6.07) is 5.70. The molecule has 2 rings (SSSR count). The van der Waals surface area contributed by atoms with Gasteiger partial charge in [-0.3, -0.25) is 4.79 Å². The van der Waals surface area contributed by atoms with E-state index in [-0.39, 0.29) is 11.6 Å². The fraction of sp³-hybridized carbons (Fsp3) is 0.500. The molecular formula is C18H26N4O4. The van der Waals surface area contributed by atoms with Crippen LogP contribution in [0.25, 0.3) is 11.0 Å². The average Bonchev–Trinajstić information content (AvgIpc) is 2.89. The van der Waals surface area contributed by atoms with E-state index in [1.54, 1.807) is 20.8 Å². The predicted molar refractivity (Wildman–Crippen MR) is 99.1 cm³/mol. The monoisotopic (exact) mass is 362 g/mol. The van der Waals surface area contributed by atoms with Crippen LogP contribution < -0.4 is 16.3 Å². The highest BCUT2D eigenvalue weighted by Crippen LogP contribution is 2.12. The van der Waals surface area contributed by atoms with E-state index < -0.39 is 11.7 Å². The zero-order chi connectivity index (χ0) is 19.2. The molecule has 2 amide bonds. The molecule has 0 aliphatic rings. The van der Waals surface area contributed by atoms with Crippen LogP contribution in [0.15, 0.2) is 23.0 Å². The maximum Gasteiger partial charge on any atom is 0.407 e. The van der Waals surface area contributed by atoms with Crippen LogP contribution in [0.4, 0.5) is 4.79 Å². The van der Waals surface area contributed by atoms with E-state index >= 15 is 0 Å². The molecule has 1 heterocycles. The molecule has 142 valence electrons. The molecule has 8 heteroatoms. The van der Waals surface area contributed by atoms with Crippen LogP contribution in [0.1, 0.15) is 39.2 Å². The number of carbonyl (C=O) groups is 2. The first kappa shape index (κ1) is 19.6. The lowest BCUT2D eigenvalue weighted by Crippen LogP contribution is -2.37. The third kappa shape index (κ3) is 6.62. The number of alkyl carbamates (subject to hydrolysis) is 1. The highest BCUT2D eigenvalue weighted by atomic mass is 16.6. The second kappa shape index (κ2) is 8.55. The molecular weight excluding hydrogens is 336 g/mol. The Balaban J connectivity index is 1.62. The van der Waals surface area contributed by atoms with Gasteiger partial charge in [0.15, 0.2) is 0 Å². The second-order valence-corrected chi connectivity index (χ2v) is 7.09. The highest BCUT2D eigenvalue weighted by Gasteiger charge is 2.15. The van der Waals surface area contributed by atoms with Crippen molar-refractivity contribution in [3.8, 4) is 0 Å². The van der Waals surface area contributed by atoms with Gasteiger partial charge in [-0.05, 0) is 51.3 Å². The number of aromatic amines is 2. The van der Waals surface area contributed by atoms with Crippen molar-refractivity contribution in [1.82, 2.24) is 20.6 Å². The Kier molecular flexibility index (Phi) is 6.43. The molecule has 0 saturated carbocycles. The largest absolute Gasteiger partial charge is 0.444 e. The van der Waals surface area contributed by atoms with Crippen molar-refractivity contribution < 1.29 is 14.3 Å². The Morgan fingerprint density at radius 1 is 1.08 bits per heavy atom. The third-order valence-corrected chi connectivity index (χ3v) is 3.57. The van der Waals surface area contributed by atoms with E-state index in [2.05, 4.69) is 20.6 Å². The van der Waals surface area contributed by atoms with Crippen LogP contribution in [0.3, 0.4) is 0 Å². The van der Waals surface area contributed by atoms with E-state index in [1.807, 2.05) is 18.2 Å². The number of hydrogen-bond acceptors (Lipinski definition) is 4. The van der Waals surface area contributed by atoms with Gasteiger partial charge in [0.2, 0.25) is 5.91 Å². The van der Waals surface area contributed by atoms with Gasteiger partial charge in [0.25, 0.3) is 0 Å². The standard InChI is InChI=1S/C18H26N4O4/c1-18(2,3)26-17(25)20-10-9-19-15(23)6-4-5-12-7-8-13-14(11-12)22-16(24)21-13/h7-8,11H,4-6,9-10H2,1-3H3,(H,19,23)(H,20,25)(H2,21,22,24). The molecule has 26 heavy (non-hydrogen) atoms. The SMILES string of the molecule is CC(C)(C)OC(=O)NCCNC(=O)CCCc1ccc2[nH]c(=O)[nH]c2c1. The van der Waals surface area contributed by atoms with Gasteiger partial charge in [0.1, 0.15) is 5.60 Å². The average molecular weight is 362 g/mol. The maximum absolute atomic E-state index is 11.8. The van der Waals surface area contributed by atoms with Crippen molar-refractivity contribution in [1.29, 1.82) is 0 Å². The minimum absolute atomic E-state index is 0.0629. The first-order chi connectivity index (χ1) is 12.2. The van der Waals surface area contributed by atoms with Gasteiger partial charge in [-0.25, -0.2) is 9.59 Å². The number of rotatable bonds is 7. The number of aryl methyl sites for hydroxylation is 1. The summed E-state index contributed by atoms with van der Waals surface area (Å²) in [5, 5.41) is 5.35. The quantitative estimate of drug-likeness (QED) is 0.562. The van der Waals surface area contributed by atoms with Crippen LogP contribution in [-0.2, 0) is 16.0 Å². The fourth-order valence-corrected chi connectivity index (χ4v) is 2.46. The van der Waals surface area contributed by atoms with E-state index in [4.69, 9.17) is 4.74 Å². The number of carbonyl (C=O) groups excluding carboxylic acids is 2. The van der Waals surface area contributed by atoms with Crippen molar-refractivity contribution in [2.24, 2.45) is 0 Å². The molecule has 0 radical (unpaired) electrons. The van der Waals surface area contributed by atoms with Gasteiger partial charge in [-0.1, -0.05) is 6.07 Å². The molecule has 0 saturated heterocycles. The van der Waals surface area contributed by atoms with Crippen molar-refractivity contribution in [2.75, 3.05) is 13.1 Å². The van der Waals surface area contributed by atoms with E-state index in [1.165, 1.54) is 0 Å². The van der Waals surface area contributed by atoms with Crippen molar-refractivity contribution in [3.05, 3.63) is 34.2 Å². The van der Waals surface area contributed by atoms with E-state index in [0.717, 1.165) is 23.0 Å². The Bertz CT molecular complexity index is 816. The smallest absolute Gasteiger partial charge is 0.407 e. The molecule has 0 bridgehead atoms. The molecule has 0 aliphatic carbocycles. The minimum atomic E-state index is -0.538. The first-order valence-corrected chi connectivity index (χ1v) is 8.67. The van der Waals surface area contributed by atoms with Gasteiger partial charge in [0, 0.05) is 19.5 Å². The number of nitrogens with one attached hydrogen (secondary N) is 4. The van der Waals surface area contributed by atoms with Gasteiger partial charge in [-0.2, -0.15) is 0 Å².